The minimum atomic E-state index is -1.43. The molecule has 1 N–H and O–H groups in total. The molecule has 9 heteroatoms. The summed E-state index contributed by atoms with van der Waals surface area (Å²) in [5.41, 5.74) is 0.566. The molecule has 1 aromatic rings. The van der Waals surface area contributed by atoms with E-state index in [2.05, 4.69) is 14.8 Å². The molecular weight excluding hydrogens is 370 g/mol. The second kappa shape index (κ2) is 11.0. The fourth-order valence-electron chi connectivity index (χ4n) is 2.76. The Labute approximate surface area is 163 Å². The van der Waals surface area contributed by atoms with Crippen molar-refractivity contribution in [3.63, 3.8) is 0 Å². The molecule has 28 heavy (non-hydrogen) atoms. The Morgan fingerprint density at radius 2 is 1.32 bits per heavy atom. The first-order valence-electron chi connectivity index (χ1n) is 8.43. The Morgan fingerprint density at radius 1 is 0.821 bits per heavy atom. The lowest BCUT2D eigenvalue weighted by Gasteiger charge is -2.28. The molecule has 0 fully saturated rings. The van der Waals surface area contributed by atoms with Crippen molar-refractivity contribution in [3.05, 3.63) is 35.9 Å². The molecule has 0 unspecified atom stereocenters. The van der Waals surface area contributed by atoms with E-state index in [1.54, 1.807) is 30.3 Å². The summed E-state index contributed by atoms with van der Waals surface area (Å²) in [7, 11) is 4.68. The van der Waals surface area contributed by atoms with Gasteiger partial charge in [0.2, 0.25) is 0 Å². The van der Waals surface area contributed by atoms with Crippen LogP contribution in [0.4, 0.5) is 0 Å². The van der Waals surface area contributed by atoms with E-state index < -0.39 is 47.8 Å². The summed E-state index contributed by atoms with van der Waals surface area (Å²) in [5, 5.41) is 2.50. The molecule has 0 saturated carbocycles. The van der Waals surface area contributed by atoms with Crippen LogP contribution < -0.4 is 5.32 Å². The molecule has 0 aromatic heterocycles. The van der Waals surface area contributed by atoms with Crippen molar-refractivity contribution in [2.75, 3.05) is 28.4 Å². The van der Waals surface area contributed by atoms with Gasteiger partial charge in [0.05, 0.1) is 21.3 Å². The third-order valence-corrected chi connectivity index (χ3v) is 4.29. The van der Waals surface area contributed by atoms with Crippen LogP contribution in [0.3, 0.4) is 0 Å². The second-order valence-corrected chi connectivity index (χ2v) is 5.92. The fraction of sp³-hybridized carbons (Fsp3) is 0.474. The summed E-state index contributed by atoms with van der Waals surface area (Å²) in [6.45, 7) is 1.44. The van der Waals surface area contributed by atoms with Gasteiger partial charge in [-0.25, -0.2) is 4.79 Å². The molecule has 154 valence electrons. The number of carbonyl (C=O) groups excluding carboxylic acids is 4. The molecule has 0 radical (unpaired) electrons. The number of amides is 1. The second-order valence-electron chi connectivity index (χ2n) is 5.92. The molecule has 0 aliphatic heterocycles. The average Bonchev–Trinajstić information content (AvgIpc) is 2.72. The van der Waals surface area contributed by atoms with E-state index in [1.807, 2.05) is 0 Å². The van der Waals surface area contributed by atoms with Gasteiger partial charge >= 0.3 is 17.9 Å². The first-order chi connectivity index (χ1) is 13.3. The molecule has 1 rings (SSSR count). The van der Waals surface area contributed by atoms with Gasteiger partial charge in [-0.2, -0.15) is 0 Å². The first kappa shape index (κ1) is 23.1. The quantitative estimate of drug-likeness (QED) is 0.368. The molecule has 3 atom stereocenters. The Morgan fingerprint density at radius 3 is 1.75 bits per heavy atom. The zero-order valence-corrected chi connectivity index (χ0v) is 16.5. The maximum atomic E-state index is 12.7. The van der Waals surface area contributed by atoms with E-state index >= 15 is 0 Å². The third-order valence-electron chi connectivity index (χ3n) is 4.29. The fourth-order valence-corrected chi connectivity index (χ4v) is 2.76. The van der Waals surface area contributed by atoms with Crippen molar-refractivity contribution in [2.24, 2.45) is 11.8 Å². The van der Waals surface area contributed by atoms with Crippen molar-refractivity contribution in [1.82, 2.24) is 5.32 Å². The van der Waals surface area contributed by atoms with Gasteiger partial charge in [-0.05, 0) is 5.56 Å². The lowest BCUT2D eigenvalue weighted by atomic mass is 9.87. The molecule has 0 aliphatic rings. The SMILES string of the molecule is COC(=O)C(C(=O)OC)[C@@H](C)[C@@H](NC(=O)[C@@H](OC)c1ccccc1)C(=O)OC. The van der Waals surface area contributed by atoms with Crippen LogP contribution in [0, 0.1) is 11.8 Å². The highest BCUT2D eigenvalue weighted by Gasteiger charge is 2.43. The first-order valence-corrected chi connectivity index (χ1v) is 8.43. The van der Waals surface area contributed by atoms with Gasteiger partial charge in [0.15, 0.2) is 12.0 Å². The van der Waals surface area contributed by atoms with Crippen LogP contribution in [0.15, 0.2) is 30.3 Å². The van der Waals surface area contributed by atoms with Crippen molar-refractivity contribution in [3.8, 4) is 0 Å². The lowest BCUT2D eigenvalue weighted by Crippen LogP contribution is -2.52. The number of benzene rings is 1. The van der Waals surface area contributed by atoms with E-state index in [4.69, 9.17) is 9.47 Å². The number of methoxy groups -OCH3 is 4. The lowest BCUT2D eigenvalue weighted by molar-refractivity contribution is -0.164. The van der Waals surface area contributed by atoms with Gasteiger partial charge < -0.3 is 24.3 Å². The van der Waals surface area contributed by atoms with Gasteiger partial charge in [-0.15, -0.1) is 0 Å². The normalized spacial score (nSPS) is 13.8. The predicted molar refractivity (Wildman–Crippen MR) is 96.8 cm³/mol. The summed E-state index contributed by atoms with van der Waals surface area (Å²) in [6.07, 6.45) is -1.00. The molecular formula is C19H25NO8. The monoisotopic (exact) mass is 395 g/mol. The van der Waals surface area contributed by atoms with Crippen LogP contribution in [-0.2, 0) is 38.1 Å². The highest BCUT2D eigenvalue weighted by molar-refractivity contribution is 5.96. The third kappa shape index (κ3) is 5.53. The molecule has 0 spiro atoms. The highest BCUT2D eigenvalue weighted by atomic mass is 16.5. The van der Waals surface area contributed by atoms with E-state index in [0.717, 1.165) is 21.3 Å². The summed E-state index contributed by atoms with van der Waals surface area (Å²) in [5.74, 6) is -5.70. The Bertz CT molecular complexity index is 674. The van der Waals surface area contributed by atoms with Gasteiger partial charge in [-0.3, -0.25) is 14.4 Å². The number of hydrogen-bond donors (Lipinski definition) is 1. The number of hydrogen-bond acceptors (Lipinski definition) is 8. The molecule has 1 aromatic carbocycles. The van der Waals surface area contributed by atoms with Crippen LogP contribution in [0.2, 0.25) is 0 Å². The van der Waals surface area contributed by atoms with E-state index in [0.29, 0.717) is 5.56 Å². The van der Waals surface area contributed by atoms with Gasteiger partial charge in [0.25, 0.3) is 5.91 Å². The molecule has 1 amide bonds. The largest absolute Gasteiger partial charge is 0.468 e. The standard InChI is InChI=1S/C19H25NO8/c1-11(13(17(22)26-3)18(23)27-4)14(19(24)28-5)20-16(21)15(25-2)12-9-7-6-8-10-12/h6-11,13-15H,1-5H3,(H,20,21)/t11-,14-,15+/m1/s1. The Balaban J connectivity index is 3.16. The van der Waals surface area contributed by atoms with Gasteiger partial charge in [0.1, 0.15) is 6.04 Å². The summed E-state index contributed by atoms with van der Waals surface area (Å²) in [4.78, 5) is 49.1. The summed E-state index contributed by atoms with van der Waals surface area (Å²) >= 11 is 0. The summed E-state index contributed by atoms with van der Waals surface area (Å²) in [6, 6.07) is 7.32. The van der Waals surface area contributed by atoms with Crippen LogP contribution in [-0.4, -0.2) is 58.3 Å². The number of nitrogens with one attached hydrogen (secondary N) is 1. The van der Waals surface area contributed by atoms with Crippen LogP contribution >= 0.6 is 0 Å². The topological polar surface area (TPSA) is 117 Å². The van der Waals surface area contributed by atoms with Gasteiger partial charge in [0, 0.05) is 13.0 Å². The minimum absolute atomic E-state index is 0.566. The average molecular weight is 395 g/mol. The Kier molecular flexibility index (Phi) is 9.10. The van der Waals surface area contributed by atoms with Crippen molar-refractivity contribution in [1.29, 1.82) is 0 Å². The summed E-state index contributed by atoms with van der Waals surface area (Å²) < 4.78 is 19.2. The predicted octanol–water partition coefficient (Wildman–Crippen LogP) is 0.630. The van der Waals surface area contributed by atoms with Crippen molar-refractivity contribution >= 4 is 23.8 Å². The van der Waals surface area contributed by atoms with Gasteiger partial charge in [-0.1, -0.05) is 37.3 Å². The van der Waals surface area contributed by atoms with E-state index in [-0.39, 0.29) is 0 Å². The molecule has 0 heterocycles. The molecule has 0 aliphatic carbocycles. The van der Waals surface area contributed by atoms with Crippen molar-refractivity contribution in [2.45, 2.75) is 19.1 Å². The van der Waals surface area contributed by atoms with E-state index in [9.17, 15) is 19.2 Å². The van der Waals surface area contributed by atoms with Crippen molar-refractivity contribution < 1.29 is 38.1 Å². The highest BCUT2D eigenvalue weighted by Crippen LogP contribution is 2.22. The van der Waals surface area contributed by atoms with Crippen LogP contribution in [0.25, 0.3) is 0 Å². The van der Waals surface area contributed by atoms with Crippen LogP contribution in [0.1, 0.15) is 18.6 Å². The number of esters is 3. The molecule has 9 nitrogen and oxygen atoms in total. The van der Waals surface area contributed by atoms with Crippen LogP contribution in [0.5, 0.6) is 0 Å². The number of ether oxygens (including phenoxy) is 4. The maximum Gasteiger partial charge on any atom is 0.328 e. The van der Waals surface area contributed by atoms with E-state index in [1.165, 1.54) is 14.0 Å². The molecule has 0 bridgehead atoms. The minimum Gasteiger partial charge on any atom is -0.468 e. The maximum absolute atomic E-state index is 12.7. The molecule has 0 saturated heterocycles. The smallest absolute Gasteiger partial charge is 0.328 e. The zero-order chi connectivity index (χ0) is 21.3. The zero-order valence-electron chi connectivity index (χ0n) is 16.5. The Hall–Kier alpha value is -2.94. The number of rotatable bonds is 9. The number of carbonyl (C=O) groups is 4.